The second-order valence-corrected chi connectivity index (χ2v) is 3.59. The smallest absolute Gasteiger partial charge is 0.338 e. The lowest BCUT2D eigenvalue weighted by molar-refractivity contribution is 0.0292. The van der Waals surface area contributed by atoms with Crippen molar-refractivity contribution >= 4 is 5.97 Å². The van der Waals surface area contributed by atoms with Crippen LogP contribution in [0.3, 0.4) is 0 Å². The van der Waals surface area contributed by atoms with Gasteiger partial charge in [-0.25, -0.2) is 4.79 Å². The van der Waals surface area contributed by atoms with E-state index in [2.05, 4.69) is 5.92 Å². The summed E-state index contributed by atoms with van der Waals surface area (Å²) in [5.41, 5.74) is 0.570. The zero-order valence-corrected chi connectivity index (χ0v) is 9.48. The van der Waals surface area contributed by atoms with Crippen LogP contribution in [0.25, 0.3) is 0 Å². The van der Waals surface area contributed by atoms with Crippen molar-refractivity contribution in [2.75, 3.05) is 0 Å². The molecule has 2 nitrogen and oxygen atoms in total. The van der Waals surface area contributed by atoms with Crippen LogP contribution in [0.2, 0.25) is 0 Å². The number of benzene rings is 1. The molecule has 0 saturated heterocycles. The summed E-state index contributed by atoms with van der Waals surface area (Å²) in [5, 5.41) is 0. The highest BCUT2D eigenvalue weighted by molar-refractivity contribution is 5.89. The van der Waals surface area contributed by atoms with E-state index in [9.17, 15) is 4.79 Å². The van der Waals surface area contributed by atoms with Gasteiger partial charge in [0, 0.05) is 6.42 Å². The minimum Gasteiger partial charge on any atom is -0.458 e. The Bertz CT molecular complexity index is 362. The number of hydrogen-bond donors (Lipinski definition) is 0. The zero-order valence-electron chi connectivity index (χ0n) is 9.48. The molecule has 0 N–H and O–H groups in total. The quantitative estimate of drug-likeness (QED) is 0.558. The van der Waals surface area contributed by atoms with Crippen molar-refractivity contribution in [3.8, 4) is 12.3 Å². The van der Waals surface area contributed by atoms with Crippen LogP contribution in [0.4, 0.5) is 0 Å². The minimum absolute atomic E-state index is 0.164. The Morgan fingerprint density at radius 2 is 2.12 bits per heavy atom. The van der Waals surface area contributed by atoms with E-state index in [1.165, 1.54) is 0 Å². The number of carbonyl (C=O) groups excluding carboxylic acids is 1. The standard InChI is InChI=1S/C14H16O2/c1-3-8-13(9-4-2)16-14(15)12-10-6-5-7-11-12/h1,5-7,10-11,13H,4,8-9H2,2H3/t13-/m0/s1. The van der Waals surface area contributed by atoms with Crippen LogP contribution in [-0.2, 0) is 4.74 Å². The number of terminal acetylenes is 1. The second kappa shape index (κ2) is 6.68. The predicted molar refractivity (Wildman–Crippen MR) is 64.0 cm³/mol. The van der Waals surface area contributed by atoms with Crippen LogP contribution < -0.4 is 0 Å². The molecule has 0 aliphatic carbocycles. The molecule has 0 fully saturated rings. The highest BCUT2D eigenvalue weighted by atomic mass is 16.5. The normalized spacial score (nSPS) is 11.5. The van der Waals surface area contributed by atoms with E-state index in [0.29, 0.717) is 12.0 Å². The highest BCUT2D eigenvalue weighted by Crippen LogP contribution is 2.10. The van der Waals surface area contributed by atoms with E-state index in [0.717, 1.165) is 12.8 Å². The maximum atomic E-state index is 11.7. The van der Waals surface area contributed by atoms with Crippen molar-refractivity contribution in [1.29, 1.82) is 0 Å². The van der Waals surface area contributed by atoms with Crippen LogP contribution in [-0.4, -0.2) is 12.1 Å². The molecule has 0 aliphatic heterocycles. The van der Waals surface area contributed by atoms with Crippen LogP contribution in [0.15, 0.2) is 30.3 Å². The minimum atomic E-state index is -0.297. The molecule has 0 radical (unpaired) electrons. The van der Waals surface area contributed by atoms with Gasteiger partial charge in [0.1, 0.15) is 6.10 Å². The first kappa shape index (κ1) is 12.3. The van der Waals surface area contributed by atoms with Gasteiger partial charge in [0.25, 0.3) is 0 Å². The van der Waals surface area contributed by atoms with Crippen LogP contribution in [0, 0.1) is 12.3 Å². The number of rotatable bonds is 5. The van der Waals surface area contributed by atoms with E-state index in [1.54, 1.807) is 12.1 Å². The Labute approximate surface area is 96.6 Å². The molecule has 0 aromatic heterocycles. The molecule has 1 aromatic carbocycles. The zero-order chi connectivity index (χ0) is 11.8. The van der Waals surface area contributed by atoms with Gasteiger partial charge in [-0.1, -0.05) is 31.5 Å². The lowest BCUT2D eigenvalue weighted by Gasteiger charge is -2.14. The number of esters is 1. The molecule has 0 amide bonds. The van der Waals surface area contributed by atoms with Crippen LogP contribution in [0.5, 0.6) is 0 Å². The molecular weight excluding hydrogens is 200 g/mol. The fraction of sp³-hybridized carbons (Fsp3) is 0.357. The Hall–Kier alpha value is -1.75. The molecule has 0 unspecified atom stereocenters. The van der Waals surface area contributed by atoms with Crippen LogP contribution in [0.1, 0.15) is 36.5 Å². The summed E-state index contributed by atoms with van der Waals surface area (Å²) in [5.74, 6) is 2.24. The summed E-state index contributed by atoms with van der Waals surface area (Å²) in [4.78, 5) is 11.7. The average molecular weight is 216 g/mol. The van der Waals surface area contributed by atoms with Gasteiger partial charge < -0.3 is 4.74 Å². The van der Waals surface area contributed by atoms with E-state index in [-0.39, 0.29) is 12.1 Å². The fourth-order valence-corrected chi connectivity index (χ4v) is 1.45. The Balaban J connectivity index is 2.59. The van der Waals surface area contributed by atoms with E-state index >= 15 is 0 Å². The van der Waals surface area contributed by atoms with Gasteiger partial charge >= 0.3 is 5.97 Å². The number of carbonyl (C=O) groups is 1. The molecule has 1 aromatic rings. The van der Waals surface area contributed by atoms with Crippen molar-refractivity contribution in [2.24, 2.45) is 0 Å². The maximum Gasteiger partial charge on any atom is 0.338 e. The number of hydrogen-bond acceptors (Lipinski definition) is 2. The molecular formula is C14H16O2. The van der Waals surface area contributed by atoms with E-state index in [1.807, 2.05) is 25.1 Å². The van der Waals surface area contributed by atoms with E-state index in [4.69, 9.17) is 11.2 Å². The van der Waals surface area contributed by atoms with Crippen molar-refractivity contribution in [1.82, 2.24) is 0 Å². The first-order valence-corrected chi connectivity index (χ1v) is 5.47. The SMILES string of the molecule is C#CC[C@@H](CCC)OC(=O)c1ccccc1. The third-order valence-corrected chi connectivity index (χ3v) is 2.24. The largest absolute Gasteiger partial charge is 0.458 e. The van der Waals surface area contributed by atoms with Crippen molar-refractivity contribution in [3.63, 3.8) is 0 Å². The summed E-state index contributed by atoms with van der Waals surface area (Å²) < 4.78 is 5.34. The molecule has 0 aliphatic rings. The van der Waals surface area contributed by atoms with Crippen molar-refractivity contribution in [3.05, 3.63) is 35.9 Å². The summed E-state index contributed by atoms with van der Waals surface area (Å²) in [6.45, 7) is 2.04. The topological polar surface area (TPSA) is 26.3 Å². The lowest BCUT2D eigenvalue weighted by Crippen LogP contribution is -2.17. The average Bonchev–Trinajstić information content (AvgIpc) is 2.31. The van der Waals surface area contributed by atoms with Gasteiger partial charge in [0.15, 0.2) is 0 Å². The highest BCUT2D eigenvalue weighted by Gasteiger charge is 2.13. The molecule has 2 heteroatoms. The Morgan fingerprint density at radius 1 is 1.44 bits per heavy atom. The Morgan fingerprint density at radius 3 is 2.69 bits per heavy atom. The first-order chi connectivity index (χ1) is 7.77. The van der Waals surface area contributed by atoms with Gasteiger partial charge in [-0.15, -0.1) is 12.3 Å². The second-order valence-electron chi connectivity index (χ2n) is 3.59. The molecule has 1 rings (SSSR count). The van der Waals surface area contributed by atoms with Gasteiger partial charge in [0.05, 0.1) is 5.56 Å². The third-order valence-electron chi connectivity index (χ3n) is 2.24. The molecule has 0 heterocycles. The maximum absolute atomic E-state index is 11.7. The molecule has 84 valence electrons. The predicted octanol–water partition coefficient (Wildman–Crippen LogP) is 3.04. The van der Waals surface area contributed by atoms with E-state index < -0.39 is 0 Å². The Kier molecular flexibility index (Phi) is 5.15. The van der Waals surface area contributed by atoms with Gasteiger partial charge in [0.2, 0.25) is 0 Å². The van der Waals surface area contributed by atoms with Gasteiger partial charge in [-0.2, -0.15) is 0 Å². The monoisotopic (exact) mass is 216 g/mol. The summed E-state index contributed by atoms with van der Waals surface area (Å²) in [7, 11) is 0. The van der Waals surface area contributed by atoms with Gasteiger partial charge in [-0.05, 0) is 18.6 Å². The molecule has 0 saturated carbocycles. The summed E-state index contributed by atoms with van der Waals surface area (Å²) >= 11 is 0. The molecule has 0 spiro atoms. The molecule has 16 heavy (non-hydrogen) atoms. The summed E-state index contributed by atoms with van der Waals surface area (Å²) in [6.07, 6.45) is 7.31. The fourth-order valence-electron chi connectivity index (χ4n) is 1.45. The molecule has 0 bridgehead atoms. The number of ether oxygens (including phenoxy) is 1. The summed E-state index contributed by atoms with van der Waals surface area (Å²) in [6, 6.07) is 8.96. The molecule has 1 atom stereocenters. The van der Waals surface area contributed by atoms with Crippen molar-refractivity contribution in [2.45, 2.75) is 32.3 Å². The van der Waals surface area contributed by atoms with Crippen LogP contribution >= 0.6 is 0 Å². The van der Waals surface area contributed by atoms with Crippen molar-refractivity contribution < 1.29 is 9.53 Å². The lowest BCUT2D eigenvalue weighted by atomic mass is 10.1. The third kappa shape index (κ3) is 3.78. The first-order valence-electron chi connectivity index (χ1n) is 5.47. The van der Waals surface area contributed by atoms with Gasteiger partial charge in [-0.3, -0.25) is 0 Å².